The number of nitrogens with zero attached hydrogens (tertiary/aromatic N) is 7. The molecular weight excluding hydrogens is 438 g/mol. The van der Waals surface area contributed by atoms with E-state index in [0.717, 1.165) is 68.2 Å². The van der Waals surface area contributed by atoms with Crippen LogP contribution < -0.4 is 15.5 Å². The fraction of sp³-hybridized carbons (Fsp3) is 0.556. The van der Waals surface area contributed by atoms with Gasteiger partial charge in [0.25, 0.3) is 0 Å². The van der Waals surface area contributed by atoms with Gasteiger partial charge in [-0.2, -0.15) is 5.26 Å². The molecule has 8 heteroatoms. The number of aromatic nitrogens is 4. The molecule has 0 N–H and O–H groups in total. The molecule has 3 aromatic heterocycles. The van der Waals surface area contributed by atoms with Gasteiger partial charge in [-0.1, -0.05) is 20.8 Å². The van der Waals surface area contributed by atoms with Crippen molar-refractivity contribution in [2.24, 2.45) is 17.9 Å². The number of hydrogen-bond donors (Lipinski definition) is 0. The lowest BCUT2D eigenvalue weighted by Gasteiger charge is -2.48. The molecule has 5 heterocycles. The van der Waals surface area contributed by atoms with Crippen molar-refractivity contribution < 1.29 is 0 Å². The fourth-order valence-corrected chi connectivity index (χ4v) is 5.81. The first-order chi connectivity index (χ1) is 16.7. The van der Waals surface area contributed by atoms with Crippen molar-refractivity contribution in [2.45, 2.75) is 53.0 Å². The maximum absolute atomic E-state index is 12.9. The number of anilines is 2. The van der Waals surface area contributed by atoms with Gasteiger partial charge < -0.3 is 9.80 Å². The lowest BCUT2D eigenvalue weighted by molar-refractivity contribution is 0.178. The van der Waals surface area contributed by atoms with Gasteiger partial charge in [0.2, 0.25) is 0 Å². The molecule has 0 atom stereocenters. The number of aryl methyl sites for hydroxylation is 1. The molecule has 2 fully saturated rings. The number of fused-ring (bicyclic) bond motifs is 1. The Hall–Kier alpha value is -3.34. The summed E-state index contributed by atoms with van der Waals surface area (Å²) in [5.74, 6) is 1.77. The third-order valence-corrected chi connectivity index (χ3v) is 7.61. The first-order valence-electron chi connectivity index (χ1n) is 12.6. The van der Waals surface area contributed by atoms with Crippen molar-refractivity contribution in [2.75, 3.05) is 36.0 Å². The molecule has 0 amide bonds. The zero-order valence-corrected chi connectivity index (χ0v) is 21.3. The van der Waals surface area contributed by atoms with Crippen LogP contribution in [-0.4, -0.2) is 45.3 Å². The van der Waals surface area contributed by atoms with Crippen molar-refractivity contribution in [3.63, 3.8) is 0 Å². The van der Waals surface area contributed by atoms with Crippen LogP contribution in [0, 0.1) is 22.2 Å². The van der Waals surface area contributed by atoms with E-state index in [2.05, 4.69) is 53.8 Å². The first kappa shape index (κ1) is 23.4. The van der Waals surface area contributed by atoms with Crippen LogP contribution in [0.1, 0.15) is 52.0 Å². The van der Waals surface area contributed by atoms with Crippen molar-refractivity contribution >= 4 is 22.8 Å². The molecule has 0 aromatic carbocycles. The van der Waals surface area contributed by atoms with E-state index in [4.69, 9.17) is 4.98 Å². The Balaban J connectivity index is 1.36. The summed E-state index contributed by atoms with van der Waals surface area (Å²) in [7, 11) is 1.82. The van der Waals surface area contributed by atoms with Crippen LogP contribution in [0.25, 0.3) is 11.2 Å². The van der Waals surface area contributed by atoms with Gasteiger partial charge in [0.1, 0.15) is 17.7 Å². The number of rotatable bonds is 3. The SMILES string of the molecule is Cn1c(=O)n(CC(C)(C)C)c2ccc(N3CCCC4(CCN(c5ncccc5C#N)CC4)C3)nc21. The Morgan fingerprint density at radius 3 is 2.57 bits per heavy atom. The zero-order valence-electron chi connectivity index (χ0n) is 21.3. The van der Waals surface area contributed by atoms with Gasteiger partial charge in [0.15, 0.2) is 5.65 Å². The van der Waals surface area contributed by atoms with E-state index in [1.165, 1.54) is 6.42 Å². The number of imidazole rings is 1. The fourth-order valence-electron chi connectivity index (χ4n) is 5.81. The van der Waals surface area contributed by atoms with Gasteiger partial charge >= 0.3 is 5.69 Å². The van der Waals surface area contributed by atoms with E-state index in [1.54, 1.807) is 10.8 Å². The molecule has 8 nitrogen and oxygen atoms in total. The highest BCUT2D eigenvalue weighted by Gasteiger charge is 2.39. The molecule has 0 aliphatic carbocycles. The van der Waals surface area contributed by atoms with Crippen molar-refractivity contribution in [1.29, 1.82) is 5.26 Å². The van der Waals surface area contributed by atoms with Crippen molar-refractivity contribution in [3.05, 3.63) is 46.5 Å². The maximum atomic E-state index is 12.9. The molecular formula is C27H35N7O. The average Bonchev–Trinajstić information content (AvgIpc) is 3.08. The normalized spacial score (nSPS) is 18.3. The molecule has 184 valence electrons. The topological polar surface area (TPSA) is 83.0 Å². The van der Waals surface area contributed by atoms with Gasteiger partial charge in [-0.3, -0.25) is 9.13 Å². The summed E-state index contributed by atoms with van der Waals surface area (Å²) in [6.45, 7) is 10.9. The molecule has 2 saturated heterocycles. The second-order valence-corrected chi connectivity index (χ2v) is 11.5. The average molecular weight is 474 g/mol. The third-order valence-electron chi connectivity index (χ3n) is 7.61. The molecule has 0 saturated carbocycles. The monoisotopic (exact) mass is 473 g/mol. The third kappa shape index (κ3) is 4.40. The molecule has 0 radical (unpaired) electrons. The smallest absolute Gasteiger partial charge is 0.330 e. The van der Waals surface area contributed by atoms with Gasteiger partial charge in [-0.15, -0.1) is 0 Å². The van der Waals surface area contributed by atoms with Gasteiger partial charge in [0, 0.05) is 46.0 Å². The quantitative estimate of drug-likeness (QED) is 0.573. The molecule has 0 unspecified atom stereocenters. The second-order valence-electron chi connectivity index (χ2n) is 11.5. The summed E-state index contributed by atoms with van der Waals surface area (Å²) in [6, 6.07) is 10.1. The highest BCUT2D eigenvalue weighted by Crippen LogP contribution is 2.42. The van der Waals surface area contributed by atoms with Crippen molar-refractivity contribution in [3.8, 4) is 6.07 Å². The molecule has 5 rings (SSSR count). The molecule has 2 aliphatic heterocycles. The molecule has 35 heavy (non-hydrogen) atoms. The molecule has 2 aliphatic rings. The second kappa shape index (κ2) is 8.71. The Morgan fingerprint density at radius 2 is 1.86 bits per heavy atom. The van der Waals surface area contributed by atoms with E-state index >= 15 is 0 Å². The summed E-state index contributed by atoms with van der Waals surface area (Å²) >= 11 is 0. The number of hydrogen-bond acceptors (Lipinski definition) is 6. The molecule has 0 bridgehead atoms. The summed E-state index contributed by atoms with van der Waals surface area (Å²) in [5.41, 5.74) is 2.55. The predicted molar refractivity (Wildman–Crippen MR) is 139 cm³/mol. The highest BCUT2D eigenvalue weighted by atomic mass is 16.1. The van der Waals surface area contributed by atoms with E-state index in [-0.39, 0.29) is 16.5 Å². The van der Waals surface area contributed by atoms with Crippen LogP contribution in [0.2, 0.25) is 0 Å². The van der Waals surface area contributed by atoms with E-state index in [9.17, 15) is 10.1 Å². The maximum Gasteiger partial charge on any atom is 0.330 e. The van der Waals surface area contributed by atoms with Gasteiger partial charge in [-0.25, -0.2) is 14.8 Å². The minimum Gasteiger partial charge on any atom is -0.356 e. The van der Waals surface area contributed by atoms with Crippen LogP contribution in [-0.2, 0) is 13.6 Å². The Bertz CT molecular complexity index is 1330. The molecule has 3 aromatic rings. The van der Waals surface area contributed by atoms with Gasteiger partial charge in [-0.05, 0) is 60.8 Å². The van der Waals surface area contributed by atoms with Crippen LogP contribution >= 0.6 is 0 Å². The summed E-state index contributed by atoms with van der Waals surface area (Å²) in [4.78, 5) is 27.1. The number of nitriles is 1. The highest BCUT2D eigenvalue weighted by molar-refractivity contribution is 5.74. The van der Waals surface area contributed by atoms with Crippen LogP contribution in [0.5, 0.6) is 0 Å². The van der Waals surface area contributed by atoms with Crippen LogP contribution in [0.15, 0.2) is 35.3 Å². The van der Waals surface area contributed by atoms with Crippen LogP contribution in [0.4, 0.5) is 11.6 Å². The van der Waals surface area contributed by atoms with Crippen molar-refractivity contribution in [1.82, 2.24) is 19.1 Å². The minimum absolute atomic E-state index is 0.00618. The molecule has 1 spiro atoms. The Morgan fingerprint density at radius 1 is 1.09 bits per heavy atom. The summed E-state index contributed by atoms with van der Waals surface area (Å²) in [5, 5.41) is 9.47. The zero-order chi connectivity index (χ0) is 24.8. The van der Waals surface area contributed by atoms with E-state index < -0.39 is 0 Å². The number of pyridine rings is 2. The lowest BCUT2D eigenvalue weighted by Crippen LogP contribution is -2.50. The van der Waals surface area contributed by atoms with E-state index in [1.807, 2.05) is 23.7 Å². The van der Waals surface area contributed by atoms with Crippen LogP contribution in [0.3, 0.4) is 0 Å². The Kier molecular flexibility index (Phi) is 5.82. The van der Waals surface area contributed by atoms with Gasteiger partial charge in [0.05, 0.1) is 11.1 Å². The standard InChI is InChI=1S/C27H35N7O/c1-26(2,3)18-34-21-8-9-22(30-24(21)31(4)25(34)35)33-14-6-10-27(19-33)11-15-32(16-12-27)23-20(17-28)7-5-13-29-23/h5,7-9,13H,6,10-12,14-16,18-19H2,1-4H3. The largest absolute Gasteiger partial charge is 0.356 e. The first-order valence-corrected chi connectivity index (χ1v) is 12.6. The summed E-state index contributed by atoms with van der Waals surface area (Å²) in [6.07, 6.45) is 6.28. The van der Waals surface area contributed by atoms with E-state index in [0.29, 0.717) is 12.1 Å². The predicted octanol–water partition coefficient (Wildman–Crippen LogP) is 3.93. The minimum atomic E-state index is -0.00618. The lowest BCUT2D eigenvalue weighted by atomic mass is 9.72. The number of piperidine rings is 2. The summed E-state index contributed by atoms with van der Waals surface area (Å²) < 4.78 is 3.54. The Labute approximate surface area is 206 Å².